The standard InChI is InChI=1S/C22H27N3OSi/c1-22(2,3)27(18-10-6-4-7-11-18,19-12-8-5-9-13-19)26-21(16-23)20-14-15-24-17-25-20/h4-15,17,21H,16,23H2,1-3H3. The van der Waals surface area contributed by atoms with Crippen LogP contribution in [0.4, 0.5) is 0 Å². The molecule has 0 amide bonds. The Hall–Kier alpha value is -2.34. The van der Waals surface area contributed by atoms with E-state index in [9.17, 15) is 0 Å². The monoisotopic (exact) mass is 377 g/mol. The van der Waals surface area contributed by atoms with E-state index in [1.165, 1.54) is 10.4 Å². The average molecular weight is 378 g/mol. The Morgan fingerprint density at radius 2 is 1.48 bits per heavy atom. The van der Waals surface area contributed by atoms with E-state index in [4.69, 9.17) is 10.2 Å². The summed E-state index contributed by atoms with van der Waals surface area (Å²) in [5, 5.41) is 2.36. The van der Waals surface area contributed by atoms with Crippen molar-refractivity contribution in [3.63, 3.8) is 0 Å². The first-order valence-electron chi connectivity index (χ1n) is 9.24. The molecule has 3 aromatic rings. The van der Waals surface area contributed by atoms with Gasteiger partial charge in [0.15, 0.2) is 0 Å². The van der Waals surface area contributed by atoms with Crippen molar-refractivity contribution in [3.8, 4) is 0 Å². The third-order valence-electron chi connectivity index (χ3n) is 4.88. The molecule has 2 N–H and O–H groups in total. The van der Waals surface area contributed by atoms with Crippen LogP contribution in [-0.2, 0) is 4.43 Å². The van der Waals surface area contributed by atoms with E-state index in [0.29, 0.717) is 6.54 Å². The molecule has 0 radical (unpaired) electrons. The number of hydrogen-bond acceptors (Lipinski definition) is 4. The zero-order valence-electron chi connectivity index (χ0n) is 16.2. The minimum Gasteiger partial charge on any atom is -0.398 e. The molecule has 140 valence electrons. The molecule has 0 aliphatic rings. The Morgan fingerprint density at radius 3 is 1.89 bits per heavy atom. The normalized spacial score (nSPS) is 13.3. The molecule has 0 saturated heterocycles. The molecule has 27 heavy (non-hydrogen) atoms. The van der Waals surface area contributed by atoms with Gasteiger partial charge in [-0.1, -0.05) is 81.4 Å². The Bertz CT molecular complexity index is 796. The molecule has 0 bridgehead atoms. The van der Waals surface area contributed by atoms with Gasteiger partial charge >= 0.3 is 0 Å². The second-order valence-electron chi connectivity index (χ2n) is 7.64. The number of hydrogen-bond donors (Lipinski definition) is 1. The molecule has 1 aromatic heterocycles. The highest BCUT2D eigenvalue weighted by Gasteiger charge is 2.51. The zero-order valence-corrected chi connectivity index (χ0v) is 17.2. The summed E-state index contributed by atoms with van der Waals surface area (Å²) in [4.78, 5) is 8.44. The molecular formula is C22H27N3OSi. The fourth-order valence-electron chi connectivity index (χ4n) is 3.63. The SMILES string of the molecule is CC(C)(C)[Si](OC(CN)c1ccncn1)(c1ccccc1)c1ccccc1. The van der Waals surface area contributed by atoms with E-state index < -0.39 is 8.32 Å². The van der Waals surface area contributed by atoms with Crippen LogP contribution in [-0.4, -0.2) is 24.8 Å². The number of nitrogens with two attached hydrogens (primary N) is 1. The topological polar surface area (TPSA) is 61.0 Å². The van der Waals surface area contributed by atoms with Gasteiger partial charge in [-0.3, -0.25) is 0 Å². The maximum atomic E-state index is 7.03. The van der Waals surface area contributed by atoms with Crippen molar-refractivity contribution in [1.29, 1.82) is 0 Å². The Balaban J connectivity index is 2.20. The first-order valence-corrected chi connectivity index (χ1v) is 11.1. The van der Waals surface area contributed by atoms with Crippen LogP contribution in [0.3, 0.4) is 0 Å². The van der Waals surface area contributed by atoms with E-state index in [2.05, 4.69) is 79.3 Å². The van der Waals surface area contributed by atoms with Gasteiger partial charge in [0.05, 0.1) is 5.69 Å². The fourth-order valence-corrected chi connectivity index (χ4v) is 8.28. The van der Waals surface area contributed by atoms with Crippen molar-refractivity contribution in [1.82, 2.24) is 9.97 Å². The lowest BCUT2D eigenvalue weighted by Crippen LogP contribution is -2.67. The molecule has 0 aliphatic heterocycles. The van der Waals surface area contributed by atoms with Gasteiger partial charge in [0, 0.05) is 12.7 Å². The Labute approximate surface area is 162 Å². The number of benzene rings is 2. The summed E-state index contributed by atoms with van der Waals surface area (Å²) in [5.74, 6) is 0. The maximum absolute atomic E-state index is 7.03. The smallest absolute Gasteiger partial charge is 0.262 e. The molecule has 5 heteroatoms. The van der Waals surface area contributed by atoms with Gasteiger partial charge in [-0.15, -0.1) is 0 Å². The molecule has 2 aromatic carbocycles. The first kappa shape index (κ1) is 19.4. The summed E-state index contributed by atoms with van der Waals surface area (Å²) in [6, 6.07) is 23.0. The number of rotatable bonds is 6. The molecule has 4 nitrogen and oxygen atoms in total. The van der Waals surface area contributed by atoms with Crippen molar-refractivity contribution >= 4 is 18.7 Å². The minimum absolute atomic E-state index is 0.101. The van der Waals surface area contributed by atoms with Gasteiger partial charge in [-0.05, 0) is 21.5 Å². The summed E-state index contributed by atoms with van der Waals surface area (Å²) >= 11 is 0. The summed E-state index contributed by atoms with van der Waals surface area (Å²) in [5.41, 5.74) is 6.97. The van der Waals surface area contributed by atoms with Crippen LogP contribution in [0.2, 0.25) is 5.04 Å². The van der Waals surface area contributed by atoms with Crippen LogP contribution in [0, 0.1) is 0 Å². The molecule has 1 heterocycles. The molecule has 0 spiro atoms. The predicted molar refractivity (Wildman–Crippen MR) is 113 cm³/mol. The molecule has 1 unspecified atom stereocenters. The van der Waals surface area contributed by atoms with E-state index in [-0.39, 0.29) is 11.1 Å². The van der Waals surface area contributed by atoms with Gasteiger partial charge in [-0.2, -0.15) is 0 Å². The molecule has 0 aliphatic carbocycles. The molecule has 0 fully saturated rings. The van der Waals surface area contributed by atoms with Gasteiger partial charge in [0.2, 0.25) is 0 Å². The summed E-state index contributed by atoms with van der Waals surface area (Å²) in [6.07, 6.45) is 2.99. The lowest BCUT2D eigenvalue weighted by Gasteiger charge is -2.45. The van der Waals surface area contributed by atoms with E-state index in [0.717, 1.165) is 5.69 Å². The molecule has 0 saturated carbocycles. The summed E-state index contributed by atoms with van der Waals surface area (Å²) in [6.45, 7) is 7.13. The third kappa shape index (κ3) is 3.85. The van der Waals surface area contributed by atoms with Crippen molar-refractivity contribution in [2.45, 2.75) is 31.9 Å². The van der Waals surface area contributed by atoms with Crippen LogP contribution in [0.1, 0.15) is 32.6 Å². The van der Waals surface area contributed by atoms with Gasteiger partial charge in [0.25, 0.3) is 8.32 Å². The Morgan fingerprint density at radius 1 is 0.926 bits per heavy atom. The highest BCUT2D eigenvalue weighted by atomic mass is 28.4. The zero-order chi connectivity index (χ0) is 19.3. The van der Waals surface area contributed by atoms with Crippen molar-refractivity contribution in [3.05, 3.63) is 84.9 Å². The largest absolute Gasteiger partial charge is 0.398 e. The fraction of sp³-hybridized carbons (Fsp3) is 0.273. The van der Waals surface area contributed by atoms with Crippen molar-refractivity contribution in [2.75, 3.05) is 6.54 Å². The number of nitrogens with zero attached hydrogens (tertiary/aromatic N) is 2. The Kier molecular flexibility index (Phi) is 5.84. The highest BCUT2D eigenvalue weighted by molar-refractivity contribution is 6.99. The molecular weight excluding hydrogens is 350 g/mol. The van der Waals surface area contributed by atoms with Gasteiger partial charge in [-0.25, -0.2) is 9.97 Å². The van der Waals surface area contributed by atoms with E-state index in [1.54, 1.807) is 12.5 Å². The highest BCUT2D eigenvalue weighted by Crippen LogP contribution is 2.39. The van der Waals surface area contributed by atoms with Gasteiger partial charge < -0.3 is 10.2 Å². The quantitative estimate of drug-likeness (QED) is 0.671. The maximum Gasteiger partial charge on any atom is 0.262 e. The molecule has 3 rings (SSSR count). The van der Waals surface area contributed by atoms with Crippen LogP contribution in [0.15, 0.2) is 79.3 Å². The lowest BCUT2D eigenvalue weighted by molar-refractivity contribution is 0.194. The van der Waals surface area contributed by atoms with Crippen molar-refractivity contribution in [2.24, 2.45) is 5.73 Å². The predicted octanol–water partition coefficient (Wildman–Crippen LogP) is 3.05. The summed E-state index contributed by atoms with van der Waals surface area (Å²) in [7, 11) is -2.66. The van der Waals surface area contributed by atoms with Crippen LogP contribution in [0.5, 0.6) is 0 Å². The van der Waals surface area contributed by atoms with Crippen LogP contribution >= 0.6 is 0 Å². The summed E-state index contributed by atoms with van der Waals surface area (Å²) < 4.78 is 7.03. The first-order chi connectivity index (χ1) is 13.0. The van der Waals surface area contributed by atoms with Crippen LogP contribution in [0.25, 0.3) is 0 Å². The lowest BCUT2D eigenvalue weighted by atomic mass is 10.2. The third-order valence-corrected chi connectivity index (χ3v) is 9.93. The van der Waals surface area contributed by atoms with Crippen LogP contribution < -0.4 is 16.1 Å². The van der Waals surface area contributed by atoms with Crippen molar-refractivity contribution < 1.29 is 4.43 Å². The second kappa shape index (κ2) is 8.13. The minimum atomic E-state index is -2.66. The number of aromatic nitrogens is 2. The van der Waals surface area contributed by atoms with E-state index in [1.807, 2.05) is 18.2 Å². The van der Waals surface area contributed by atoms with E-state index >= 15 is 0 Å². The second-order valence-corrected chi connectivity index (χ2v) is 11.9. The average Bonchev–Trinajstić information content (AvgIpc) is 2.70. The van der Waals surface area contributed by atoms with Gasteiger partial charge in [0.1, 0.15) is 12.4 Å². The molecule has 1 atom stereocenters.